The Morgan fingerprint density at radius 2 is 2.13 bits per heavy atom. The van der Waals surface area contributed by atoms with Crippen LogP contribution in [0.3, 0.4) is 0 Å². The summed E-state index contributed by atoms with van der Waals surface area (Å²) in [4.78, 5) is 11.8. The Hall–Kier alpha value is -0.610. The molecule has 1 saturated heterocycles. The van der Waals surface area contributed by atoms with Crippen LogP contribution in [0.25, 0.3) is 0 Å². The van der Waals surface area contributed by atoms with Gasteiger partial charge in [0.2, 0.25) is 5.91 Å². The molecule has 1 unspecified atom stereocenters. The van der Waals surface area contributed by atoms with Crippen molar-refractivity contribution >= 4 is 5.91 Å². The zero-order chi connectivity index (χ0) is 11.3. The van der Waals surface area contributed by atoms with Crippen molar-refractivity contribution in [2.24, 2.45) is 11.7 Å². The smallest absolute Gasteiger partial charge is 0.223 e. The summed E-state index contributed by atoms with van der Waals surface area (Å²) in [5.41, 5.74) is 5.53. The Balaban J connectivity index is 2.55. The number of hydrogen-bond donors (Lipinski definition) is 2. The maximum Gasteiger partial charge on any atom is 0.223 e. The highest BCUT2D eigenvalue weighted by Gasteiger charge is 2.33. The predicted octanol–water partition coefficient (Wildman–Crippen LogP) is 0.657. The highest BCUT2D eigenvalue weighted by atomic mass is 16.5. The lowest BCUT2D eigenvalue weighted by Gasteiger charge is -2.37. The van der Waals surface area contributed by atoms with Crippen molar-refractivity contribution in [1.29, 1.82) is 0 Å². The van der Waals surface area contributed by atoms with Crippen molar-refractivity contribution in [3.63, 3.8) is 0 Å². The van der Waals surface area contributed by atoms with E-state index in [1.165, 1.54) is 0 Å². The van der Waals surface area contributed by atoms with Gasteiger partial charge in [-0.25, -0.2) is 0 Å². The Kier molecular flexibility index (Phi) is 4.54. The molecule has 3 N–H and O–H groups in total. The molecule has 1 aliphatic rings. The second kappa shape index (κ2) is 5.47. The van der Waals surface area contributed by atoms with Crippen LogP contribution < -0.4 is 11.1 Å². The maximum absolute atomic E-state index is 11.8. The molecular weight excluding hydrogens is 192 g/mol. The van der Waals surface area contributed by atoms with Crippen LogP contribution in [0.15, 0.2) is 0 Å². The third kappa shape index (κ3) is 3.18. The number of nitrogens with one attached hydrogen (secondary N) is 1. The minimum atomic E-state index is -0.223. The third-order valence-electron chi connectivity index (χ3n) is 3.29. The fourth-order valence-electron chi connectivity index (χ4n) is 1.71. The fraction of sp³-hybridized carbons (Fsp3) is 0.909. The van der Waals surface area contributed by atoms with Crippen LogP contribution in [0.4, 0.5) is 0 Å². The molecule has 1 heterocycles. The molecule has 0 saturated carbocycles. The van der Waals surface area contributed by atoms with Crippen molar-refractivity contribution in [3.05, 3.63) is 0 Å². The molecule has 1 rings (SSSR count). The molecule has 1 fully saturated rings. The van der Waals surface area contributed by atoms with Gasteiger partial charge in [0.1, 0.15) is 0 Å². The van der Waals surface area contributed by atoms with Crippen molar-refractivity contribution in [2.45, 2.75) is 38.6 Å². The van der Waals surface area contributed by atoms with Crippen molar-refractivity contribution in [1.82, 2.24) is 5.32 Å². The summed E-state index contributed by atoms with van der Waals surface area (Å²) < 4.78 is 5.29. The topological polar surface area (TPSA) is 64.4 Å². The molecule has 1 aliphatic heterocycles. The van der Waals surface area contributed by atoms with Crippen LogP contribution in [0.5, 0.6) is 0 Å². The van der Waals surface area contributed by atoms with E-state index in [2.05, 4.69) is 5.32 Å². The molecule has 0 aromatic carbocycles. The van der Waals surface area contributed by atoms with E-state index in [4.69, 9.17) is 10.5 Å². The van der Waals surface area contributed by atoms with Gasteiger partial charge >= 0.3 is 0 Å². The summed E-state index contributed by atoms with van der Waals surface area (Å²) in [6.07, 6.45) is 2.51. The van der Waals surface area contributed by atoms with Gasteiger partial charge in [-0.15, -0.1) is 0 Å². The summed E-state index contributed by atoms with van der Waals surface area (Å²) in [6, 6.07) is 0. The van der Waals surface area contributed by atoms with Gasteiger partial charge in [0.25, 0.3) is 0 Å². The van der Waals surface area contributed by atoms with Crippen molar-refractivity contribution < 1.29 is 9.53 Å². The van der Waals surface area contributed by atoms with Gasteiger partial charge < -0.3 is 15.8 Å². The van der Waals surface area contributed by atoms with E-state index in [0.29, 0.717) is 19.8 Å². The first-order chi connectivity index (χ1) is 7.13. The number of hydrogen-bond acceptors (Lipinski definition) is 3. The molecule has 0 bridgehead atoms. The molecule has 88 valence electrons. The molecular formula is C11H22N2O2. The molecule has 1 atom stereocenters. The molecule has 0 aromatic heterocycles. The minimum absolute atomic E-state index is 0.0660. The first-order valence-electron chi connectivity index (χ1n) is 5.73. The Morgan fingerprint density at radius 3 is 2.60 bits per heavy atom. The van der Waals surface area contributed by atoms with E-state index in [0.717, 1.165) is 19.3 Å². The van der Waals surface area contributed by atoms with Gasteiger partial charge in [-0.2, -0.15) is 0 Å². The highest BCUT2D eigenvalue weighted by Crippen LogP contribution is 2.20. The quantitative estimate of drug-likeness (QED) is 0.722. The van der Waals surface area contributed by atoms with E-state index in [-0.39, 0.29) is 17.4 Å². The Labute approximate surface area is 91.5 Å². The zero-order valence-corrected chi connectivity index (χ0v) is 9.71. The van der Waals surface area contributed by atoms with Crippen LogP contribution in [0, 0.1) is 5.92 Å². The summed E-state index contributed by atoms with van der Waals surface area (Å²) in [6.45, 7) is 5.84. The Bertz CT molecular complexity index is 213. The average molecular weight is 214 g/mol. The summed E-state index contributed by atoms with van der Waals surface area (Å²) in [5.74, 6) is 0.182. The van der Waals surface area contributed by atoms with Crippen molar-refractivity contribution in [3.8, 4) is 0 Å². The van der Waals surface area contributed by atoms with Crippen molar-refractivity contribution in [2.75, 3.05) is 19.8 Å². The Morgan fingerprint density at radius 1 is 1.53 bits per heavy atom. The number of amides is 1. The molecule has 4 nitrogen and oxygen atoms in total. The van der Waals surface area contributed by atoms with E-state index in [1.54, 1.807) is 0 Å². The fourth-order valence-corrected chi connectivity index (χ4v) is 1.71. The van der Waals surface area contributed by atoms with Gasteiger partial charge in [0, 0.05) is 25.7 Å². The van der Waals surface area contributed by atoms with Crippen LogP contribution in [0.1, 0.15) is 33.1 Å². The minimum Gasteiger partial charge on any atom is -0.381 e. The average Bonchev–Trinajstić information content (AvgIpc) is 2.29. The van der Waals surface area contributed by atoms with Gasteiger partial charge in [-0.3, -0.25) is 4.79 Å². The molecule has 0 aliphatic carbocycles. The molecule has 1 amide bonds. The number of carbonyl (C=O) groups is 1. The monoisotopic (exact) mass is 214 g/mol. The SMILES string of the molecule is CCC(C)C(=O)NC1(CN)CCOCC1. The van der Waals surface area contributed by atoms with E-state index in [1.807, 2.05) is 13.8 Å². The lowest BCUT2D eigenvalue weighted by molar-refractivity contribution is -0.127. The second-order valence-electron chi connectivity index (χ2n) is 4.40. The largest absolute Gasteiger partial charge is 0.381 e. The first-order valence-corrected chi connectivity index (χ1v) is 5.73. The standard InChI is InChI=1S/C11H22N2O2/c1-3-9(2)10(14)13-11(8-12)4-6-15-7-5-11/h9H,3-8,12H2,1-2H3,(H,13,14). The number of ether oxygens (including phenoxy) is 1. The number of nitrogens with two attached hydrogens (primary N) is 1. The lowest BCUT2D eigenvalue weighted by Crippen LogP contribution is -2.57. The van der Waals surface area contributed by atoms with Gasteiger partial charge in [0.05, 0.1) is 5.54 Å². The van der Waals surface area contributed by atoms with Crippen LogP contribution in [0.2, 0.25) is 0 Å². The van der Waals surface area contributed by atoms with Gasteiger partial charge in [-0.05, 0) is 19.3 Å². The first kappa shape index (κ1) is 12.5. The van der Waals surface area contributed by atoms with Crippen LogP contribution in [-0.4, -0.2) is 31.2 Å². The second-order valence-corrected chi connectivity index (χ2v) is 4.40. The predicted molar refractivity (Wildman–Crippen MR) is 59.4 cm³/mol. The maximum atomic E-state index is 11.8. The summed E-state index contributed by atoms with van der Waals surface area (Å²) >= 11 is 0. The van der Waals surface area contributed by atoms with E-state index >= 15 is 0 Å². The summed E-state index contributed by atoms with van der Waals surface area (Å²) in [5, 5.41) is 3.09. The number of carbonyl (C=O) groups excluding carboxylic acids is 1. The van der Waals surface area contributed by atoms with E-state index in [9.17, 15) is 4.79 Å². The molecule has 15 heavy (non-hydrogen) atoms. The third-order valence-corrected chi connectivity index (χ3v) is 3.29. The summed E-state index contributed by atoms with van der Waals surface area (Å²) in [7, 11) is 0. The highest BCUT2D eigenvalue weighted by molar-refractivity contribution is 5.79. The van der Waals surface area contributed by atoms with Gasteiger partial charge in [-0.1, -0.05) is 13.8 Å². The van der Waals surface area contributed by atoms with Gasteiger partial charge in [0.15, 0.2) is 0 Å². The van der Waals surface area contributed by atoms with Crippen LogP contribution in [-0.2, 0) is 9.53 Å². The number of rotatable bonds is 4. The van der Waals surface area contributed by atoms with Crippen LogP contribution >= 0.6 is 0 Å². The normalized spacial score (nSPS) is 22.1. The molecule has 0 radical (unpaired) electrons. The molecule has 0 aromatic rings. The zero-order valence-electron chi connectivity index (χ0n) is 9.71. The van der Waals surface area contributed by atoms with E-state index < -0.39 is 0 Å². The lowest BCUT2D eigenvalue weighted by atomic mass is 9.89. The molecule has 4 heteroatoms. The molecule has 0 spiro atoms.